The standard InChI is InChI=1S/C23H35N3O6S/c1-15(2)24-23(29)25(6)13-21-16(3)12-26(17(4)14-27)33(30,31)22-10-9-19(8-7-18(5)28)11-20(22)32-21/h9-11,15-18,21,27-28H,12-14H2,1-6H3,(H,24,29)/t16-,17-,18-,21+/m1/s1. The number of benzene rings is 1. The number of carbonyl (C=O) groups is 1. The highest BCUT2D eigenvalue weighted by molar-refractivity contribution is 7.89. The number of nitrogens with one attached hydrogen (secondary N) is 1. The number of urea groups is 1. The number of aliphatic hydroxyl groups is 2. The van der Waals surface area contributed by atoms with E-state index in [0.29, 0.717) is 5.56 Å². The highest BCUT2D eigenvalue weighted by atomic mass is 32.2. The third-order valence-corrected chi connectivity index (χ3v) is 7.32. The molecule has 0 unspecified atom stereocenters. The molecule has 3 N–H and O–H groups in total. The van der Waals surface area contributed by atoms with Gasteiger partial charge in [-0.15, -0.1) is 0 Å². The van der Waals surface area contributed by atoms with Crippen LogP contribution in [0.5, 0.6) is 5.75 Å². The molecule has 0 aliphatic carbocycles. The molecular weight excluding hydrogens is 446 g/mol. The monoisotopic (exact) mass is 481 g/mol. The maximum absolute atomic E-state index is 13.4. The number of amides is 2. The highest BCUT2D eigenvalue weighted by Gasteiger charge is 2.38. The van der Waals surface area contributed by atoms with E-state index in [1.54, 1.807) is 20.0 Å². The molecule has 1 aliphatic heterocycles. The van der Waals surface area contributed by atoms with Crippen molar-refractivity contribution in [1.29, 1.82) is 0 Å². The summed E-state index contributed by atoms with van der Waals surface area (Å²) >= 11 is 0. The van der Waals surface area contributed by atoms with Gasteiger partial charge in [-0.05, 0) is 45.9 Å². The zero-order valence-electron chi connectivity index (χ0n) is 20.1. The van der Waals surface area contributed by atoms with Crippen LogP contribution in [-0.2, 0) is 10.0 Å². The second-order valence-corrected chi connectivity index (χ2v) is 10.7. The molecular formula is C23H35N3O6S. The van der Waals surface area contributed by atoms with Crippen molar-refractivity contribution in [2.24, 2.45) is 5.92 Å². The molecule has 0 spiro atoms. The SMILES string of the molecule is CC(C)NC(=O)N(C)C[C@@H]1Oc2cc(C#C[C@@H](C)O)ccc2S(=O)(=O)N([C@H](C)CO)C[C@H]1C. The van der Waals surface area contributed by atoms with E-state index in [0.717, 1.165) is 0 Å². The van der Waals surface area contributed by atoms with Gasteiger partial charge < -0.3 is 25.2 Å². The summed E-state index contributed by atoms with van der Waals surface area (Å²) in [5, 5.41) is 22.0. The number of rotatable bonds is 5. The normalized spacial score (nSPS) is 22.0. The third kappa shape index (κ3) is 6.84. The van der Waals surface area contributed by atoms with E-state index >= 15 is 0 Å². The molecule has 1 heterocycles. The van der Waals surface area contributed by atoms with Crippen molar-refractivity contribution in [3.05, 3.63) is 23.8 Å². The number of sulfonamides is 1. The van der Waals surface area contributed by atoms with E-state index in [-0.39, 0.29) is 48.3 Å². The first kappa shape index (κ1) is 26.9. The van der Waals surface area contributed by atoms with Crippen LogP contribution in [0.3, 0.4) is 0 Å². The number of fused-ring (bicyclic) bond motifs is 1. The number of ether oxygens (including phenoxy) is 1. The average molecular weight is 482 g/mol. The summed E-state index contributed by atoms with van der Waals surface area (Å²) in [5.41, 5.74) is 0.490. The largest absolute Gasteiger partial charge is 0.487 e. The number of hydrogen-bond acceptors (Lipinski definition) is 6. The quantitative estimate of drug-likeness (QED) is 0.545. The zero-order valence-corrected chi connectivity index (χ0v) is 20.9. The Morgan fingerprint density at radius 1 is 1.33 bits per heavy atom. The Hall–Kier alpha value is -2.32. The lowest BCUT2D eigenvalue weighted by Crippen LogP contribution is -2.51. The molecule has 0 bridgehead atoms. The van der Waals surface area contributed by atoms with Crippen LogP contribution in [0.15, 0.2) is 23.1 Å². The molecule has 0 radical (unpaired) electrons. The Morgan fingerprint density at radius 2 is 2.00 bits per heavy atom. The smallest absolute Gasteiger partial charge is 0.317 e. The van der Waals surface area contributed by atoms with Gasteiger partial charge in [-0.2, -0.15) is 4.31 Å². The predicted octanol–water partition coefficient (Wildman–Crippen LogP) is 1.24. The van der Waals surface area contributed by atoms with Crippen molar-refractivity contribution in [2.75, 3.05) is 26.7 Å². The Morgan fingerprint density at radius 3 is 2.58 bits per heavy atom. The minimum atomic E-state index is -3.96. The van der Waals surface area contributed by atoms with Crippen LogP contribution in [0.1, 0.15) is 40.2 Å². The van der Waals surface area contributed by atoms with Crippen LogP contribution in [0.4, 0.5) is 4.79 Å². The van der Waals surface area contributed by atoms with Gasteiger partial charge in [0.25, 0.3) is 0 Å². The summed E-state index contributed by atoms with van der Waals surface area (Å²) in [4.78, 5) is 13.9. The molecule has 9 nitrogen and oxygen atoms in total. The number of aliphatic hydroxyl groups excluding tert-OH is 2. The molecule has 0 saturated heterocycles. The van der Waals surface area contributed by atoms with Crippen molar-refractivity contribution in [2.45, 2.75) is 63.8 Å². The van der Waals surface area contributed by atoms with Gasteiger partial charge in [-0.1, -0.05) is 18.8 Å². The van der Waals surface area contributed by atoms with Crippen molar-refractivity contribution < 1.29 is 28.2 Å². The molecule has 10 heteroatoms. The fourth-order valence-corrected chi connectivity index (χ4v) is 5.24. The minimum Gasteiger partial charge on any atom is -0.487 e. The Kier molecular flexibility index (Phi) is 9.14. The molecule has 2 rings (SSSR count). The Bertz CT molecular complexity index is 999. The Labute approximate surface area is 196 Å². The molecule has 4 atom stereocenters. The molecule has 1 aliphatic rings. The molecule has 1 aromatic rings. The lowest BCUT2D eigenvalue weighted by molar-refractivity contribution is 0.0809. The maximum Gasteiger partial charge on any atom is 0.317 e. The van der Waals surface area contributed by atoms with Crippen LogP contribution in [-0.4, -0.2) is 84.9 Å². The zero-order chi connectivity index (χ0) is 24.9. The molecule has 1 aromatic carbocycles. The summed E-state index contributed by atoms with van der Waals surface area (Å²) in [6.07, 6.45) is -1.35. The summed E-state index contributed by atoms with van der Waals surface area (Å²) in [5.74, 6) is 5.27. The van der Waals surface area contributed by atoms with E-state index in [9.17, 15) is 23.4 Å². The molecule has 0 fully saturated rings. The van der Waals surface area contributed by atoms with Gasteiger partial charge >= 0.3 is 6.03 Å². The lowest BCUT2D eigenvalue weighted by atomic mass is 10.0. The first-order valence-electron chi connectivity index (χ1n) is 11.0. The summed E-state index contributed by atoms with van der Waals surface area (Å²) in [7, 11) is -2.31. The van der Waals surface area contributed by atoms with E-state index in [2.05, 4.69) is 17.2 Å². The average Bonchev–Trinajstić information content (AvgIpc) is 2.73. The van der Waals surface area contributed by atoms with Crippen molar-refractivity contribution in [3.8, 4) is 17.6 Å². The van der Waals surface area contributed by atoms with Gasteiger partial charge in [0, 0.05) is 37.2 Å². The van der Waals surface area contributed by atoms with E-state index in [4.69, 9.17) is 4.74 Å². The topological polar surface area (TPSA) is 119 Å². The maximum atomic E-state index is 13.4. The predicted molar refractivity (Wildman–Crippen MR) is 125 cm³/mol. The summed E-state index contributed by atoms with van der Waals surface area (Å²) in [6.45, 7) is 8.78. The number of likely N-dealkylation sites (N-methyl/N-ethyl adjacent to an activating group) is 1. The Balaban J connectivity index is 2.53. The first-order valence-corrected chi connectivity index (χ1v) is 12.5. The van der Waals surface area contributed by atoms with Crippen LogP contribution >= 0.6 is 0 Å². The van der Waals surface area contributed by atoms with Crippen molar-refractivity contribution in [3.63, 3.8) is 0 Å². The van der Waals surface area contributed by atoms with Crippen LogP contribution < -0.4 is 10.1 Å². The summed E-state index contributed by atoms with van der Waals surface area (Å²) < 4.78 is 34.4. The van der Waals surface area contributed by atoms with Crippen LogP contribution in [0.25, 0.3) is 0 Å². The lowest BCUT2D eigenvalue weighted by Gasteiger charge is -2.37. The van der Waals surface area contributed by atoms with E-state index < -0.39 is 28.3 Å². The molecule has 0 aromatic heterocycles. The minimum absolute atomic E-state index is 0.0301. The summed E-state index contributed by atoms with van der Waals surface area (Å²) in [6, 6.07) is 3.59. The van der Waals surface area contributed by atoms with Crippen LogP contribution in [0, 0.1) is 17.8 Å². The second kappa shape index (κ2) is 11.2. The fourth-order valence-electron chi connectivity index (χ4n) is 3.42. The van der Waals surface area contributed by atoms with E-state index in [1.165, 1.54) is 28.3 Å². The van der Waals surface area contributed by atoms with Crippen molar-refractivity contribution in [1.82, 2.24) is 14.5 Å². The van der Waals surface area contributed by atoms with Gasteiger partial charge in [0.05, 0.1) is 13.2 Å². The van der Waals surface area contributed by atoms with Gasteiger partial charge in [-0.25, -0.2) is 13.2 Å². The van der Waals surface area contributed by atoms with Crippen LogP contribution in [0.2, 0.25) is 0 Å². The van der Waals surface area contributed by atoms with Gasteiger partial charge in [0.1, 0.15) is 22.9 Å². The third-order valence-electron chi connectivity index (χ3n) is 5.31. The molecule has 33 heavy (non-hydrogen) atoms. The highest BCUT2D eigenvalue weighted by Crippen LogP contribution is 2.34. The van der Waals surface area contributed by atoms with E-state index in [1.807, 2.05) is 20.8 Å². The van der Waals surface area contributed by atoms with Gasteiger partial charge in [-0.3, -0.25) is 0 Å². The number of nitrogens with zero attached hydrogens (tertiary/aromatic N) is 2. The fraction of sp³-hybridized carbons (Fsp3) is 0.609. The molecule has 0 saturated carbocycles. The first-order chi connectivity index (χ1) is 15.4. The number of hydrogen-bond donors (Lipinski definition) is 3. The number of carbonyl (C=O) groups excluding carboxylic acids is 1. The second-order valence-electron chi connectivity index (χ2n) is 8.83. The van der Waals surface area contributed by atoms with Gasteiger partial charge in [0.2, 0.25) is 10.0 Å². The molecule has 2 amide bonds. The van der Waals surface area contributed by atoms with Gasteiger partial charge in [0.15, 0.2) is 0 Å². The molecule has 184 valence electrons. The van der Waals surface area contributed by atoms with Crippen molar-refractivity contribution >= 4 is 16.1 Å².